The fourth-order valence-electron chi connectivity index (χ4n) is 2.69. The Kier molecular flexibility index (Phi) is 5.56. The first kappa shape index (κ1) is 16.2. The van der Waals surface area contributed by atoms with Crippen LogP contribution in [-0.4, -0.2) is 25.7 Å². The molecule has 5 nitrogen and oxygen atoms in total. The molecule has 2 aromatic carbocycles. The van der Waals surface area contributed by atoms with Gasteiger partial charge in [0.25, 0.3) is 0 Å². The lowest BCUT2D eigenvalue weighted by molar-refractivity contribution is 0.262. The van der Waals surface area contributed by atoms with Gasteiger partial charge in [-0.25, -0.2) is 0 Å². The van der Waals surface area contributed by atoms with E-state index in [-0.39, 0.29) is 6.04 Å². The van der Waals surface area contributed by atoms with E-state index < -0.39 is 0 Å². The minimum Gasteiger partial charge on any atom is -0.494 e. The fourth-order valence-corrected chi connectivity index (χ4v) is 2.69. The highest BCUT2D eigenvalue weighted by Gasteiger charge is 2.20. The second-order valence-electron chi connectivity index (χ2n) is 5.65. The molecule has 0 saturated carbocycles. The molecule has 0 amide bonds. The first-order valence-corrected chi connectivity index (χ1v) is 8.29. The van der Waals surface area contributed by atoms with E-state index in [9.17, 15) is 0 Å². The van der Waals surface area contributed by atoms with Crippen LogP contribution in [0, 0.1) is 0 Å². The number of fused-ring (bicyclic) bond motifs is 1. The Morgan fingerprint density at radius 1 is 1.17 bits per heavy atom. The summed E-state index contributed by atoms with van der Waals surface area (Å²) in [6.45, 7) is 1.95. The number of aliphatic imine (C=N–C) groups is 1. The molecule has 3 N–H and O–H groups in total. The Bertz CT molecular complexity index is 673. The van der Waals surface area contributed by atoms with Crippen LogP contribution >= 0.6 is 0 Å². The van der Waals surface area contributed by atoms with Gasteiger partial charge >= 0.3 is 0 Å². The van der Waals surface area contributed by atoms with Crippen molar-refractivity contribution in [2.24, 2.45) is 10.7 Å². The van der Waals surface area contributed by atoms with Gasteiger partial charge in [0.15, 0.2) is 5.96 Å². The third kappa shape index (κ3) is 4.41. The van der Waals surface area contributed by atoms with Crippen LogP contribution in [0.15, 0.2) is 59.6 Å². The number of hydrogen-bond acceptors (Lipinski definition) is 3. The van der Waals surface area contributed by atoms with Gasteiger partial charge in [-0.15, -0.1) is 0 Å². The summed E-state index contributed by atoms with van der Waals surface area (Å²) in [5.41, 5.74) is 7.15. The van der Waals surface area contributed by atoms with Gasteiger partial charge in [-0.05, 0) is 18.2 Å². The molecule has 24 heavy (non-hydrogen) atoms. The molecule has 0 fully saturated rings. The highest BCUT2D eigenvalue weighted by molar-refractivity contribution is 5.78. The van der Waals surface area contributed by atoms with Gasteiger partial charge in [-0.3, -0.25) is 4.99 Å². The average molecular weight is 325 g/mol. The lowest BCUT2D eigenvalue weighted by atomic mass is 10.0. The zero-order chi connectivity index (χ0) is 16.6. The standard InChI is InChI=1S/C19H23N3O2/c20-19(21-12-6-13-23-15-7-2-1-3-8-15)22-17-11-14-24-18-10-5-4-9-16(17)18/h1-5,7-10,17H,6,11-14H2,(H3,20,21,22). The monoisotopic (exact) mass is 325 g/mol. The molecule has 5 heteroatoms. The summed E-state index contributed by atoms with van der Waals surface area (Å²) in [7, 11) is 0. The predicted octanol–water partition coefficient (Wildman–Crippen LogP) is 2.88. The van der Waals surface area contributed by atoms with Crippen molar-refractivity contribution in [2.75, 3.05) is 19.8 Å². The molecule has 1 aliphatic rings. The van der Waals surface area contributed by atoms with E-state index >= 15 is 0 Å². The quantitative estimate of drug-likeness (QED) is 0.487. The molecular formula is C19H23N3O2. The van der Waals surface area contributed by atoms with Gasteiger partial charge in [-0.2, -0.15) is 0 Å². The summed E-state index contributed by atoms with van der Waals surface area (Å²) in [6, 6.07) is 18.0. The fraction of sp³-hybridized carbons (Fsp3) is 0.316. The normalized spacial score (nSPS) is 16.8. The highest BCUT2D eigenvalue weighted by Crippen LogP contribution is 2.31. The molecule has 1 atom stereocenters. The lowest BCUT2D eigenvalue weighted by Gasteiger charge is -2.26. The molecule has 126 valence electrons. The van der Waals surface area contributed by atoms with Gasteiger partial charge in [-0.1, -0.05) is 36.4 Å². The van der Waals surface area contributed by atoms with Crippen LogP contribution in [0.2, 0.25) is 0 Å². The Hall–Kier alpha value is -2.69. The maximum atomic E-state index is 6.01. The molecule has 1 heterocycles. The topological polar surface area (TPSA) is 68.9 Å². The molecule has 0 bridgehead atoms. The smallest absolute Gasteiger partial charge is 0.189 e. The Morgan fingerprint density at radius 2 is 1.96 bits per heavy atom. The molecule has 1 aliphatic heterocycles. The Morgan fingerprint density at radius 3 is 2.83 bits per heavy atom. The number of nitrogens with one attached hydrogen (secondary N) is 1. The van der Waals surface area contributed by atoms with Gasteiger partial charge in [0, 0.05) is 24.9 Å². The summed E-state index contributed by atoms with van der Waals surface area (Å²) in [4.78, 5) is 4.38. The Labute approximate surface area is 142 Å². The molecule has 2 aromatic rings. The lowest BCUT2D eigenvalue weighted by Crippen LogP contribution is -2.37. The van der Waals surface area contributed by atoms with Crippen LogP contribution in [0.25, 0.3) is 0 Å². The van der Waals surface area contributed by atoms with Crippen molar-refractivity contribution in [2.45, 2.75) is 18.9 Å². The number of nitrogens with two attached hydrogens (primary N) is 1. The van der Waals surface area contributed by atoms with Crippen molar-refractivity contribution >= 4 is 5.96 Å². The van der Waals surface area contributed by atoms with E-state index in [1.807, 2.05) is 48.5 Å². The third-order valence-corrected chi connectivity index (χ3v) is 3.88. The first-order chi connectivity index (χ1) is 11.8. The third-order valence-electron chi connectivity index (χ3n) is 3.88. The van der Waals surface area contributed by atoms with E-state index in [4.69, 9.17) is 15.2 Å². The number of rotatable bonds is 6. The number of para-hydroxylation sites is 2. The van der Waals surface area contributed by atoms with Crippen LogP contribution in [0.3, 0.4) is 0 Å². The van der Waals surface area contributed by atoms with Crippen LogP contribution in [-0.2, 0) is 0 Å². The maximum Gasteiger partial charge on any atom is 0.189 e. The summed E-state index contributed by atoms with van der Waals surface area (Å²) in [5.74, 6) is 2.27. The molecule has 0 aliphatic carbocycles. The van der Waals surface area contributed by atoms with Crippen molar-refractivity contribution in [1.82, 2.24) is 5.32 Å². The van der Waals surface area contributed by atoms with Crippen molar-refractivity contribution in [3.63, 3.8) is 0 Å². The number of benzene rings is 2. The molecule has 0 spiro atoms. The van der Waals surface area contributed by atoms with Crippen molar-refractivity contribution in [1.29, 1.82) is 0 Å². The summed E-state index contributed by atoms with van der Waals surface area (Å²) < 4.78 is 11.3. The number of hydrogen-bond donors (Lipinski definition) is 2. The van der Waals surface area contributed by atoms with Crippen molar-refractivity contribution in [3.05, 3.63) is 60.2 Å². The molecule has 0 saturated heterocycles. The van der Waals surface area contributed by atoms with E-state index in [0.29, 0.717) is 25.7 Å². The maximum absolute atomic E-state index is 6.01. The molecule has 0 aromatic heterocycles. The van der Waals surface area contributed by atoms with Gasteiger partial charge in [0.1, 0.15) is 11.5 Å². The minimum absolute atomic E-state index is 0.152. The van der Waals surface area contributed by atoms with Gasteiger partial charge in [0.05, 0.1) is 19.3 Å². The second-order valence-corrected chi connectivity index (χ2v) is 5.65. The zero-order valence-electron chi connectivity index (χ0n) is 13.7. The zero-order valence-corrected chi connectivity index (χ0v) is 13.7. The van der Waals surface area contributed by atoms with E-state index in [0.717, 1.165) is 29.9 Å². The molecule has 0 radical (unpaired) electrons. The largest absolute Gasteiger partial charge is 0.494 e. The van der Waals surface area contributed by atoms with Crippen molar-refractivity contribution < 1.29 is 9.47 Å². The second kappa shape index (κ2) is 8.24. The number of nitrogens with zero attached hydrogens (tertiary/aromatic N) is 1. The Balaban J connectivity index is 1.44. The van der Waals surface area contributed by atoms with Crippen LogP contribution in [0.5, 0.6) is 11.5 Å². The summed E-state index contributed by atoms with van der Waals surface area (Å²) in [5, 5.41) is 3.29. The van der Waals surface area contributed by atoms with Crippen LogP contribution in [0.4, 0.5) is 0 Å². The van der Waals surface area contributed by atoms with Crippen LogP contribution < -0.4 is 20.5 Å². The van der Waals surface area contributed by atoms with Gasteiger partial charge < -0.3 is 20.5 Å². The SMILES string of the molecule is NC(=NCCCOc1ccccc1)NC1CCOc2ccccc21. The average Bonchev–Trinajstić information content (AvgIpc) is 2.63. The minimum atomic E-state index is 0.152. The predicted molar refractivity (Wildman–Crippen MR) is 95.5 cm³/mol. The van der Waals surface area contributed by atoms with Gasteiger partial charge in [0.2, 0.25) is 0 Å². The molecular weight excluding hydrogens is 302 g/mol. The highest BCUT2D eigenvalue weighted by atomic mass is 16.5. The van der Waals surface area contributed by atoms with E-state index in [1.165, 1.54) is 0 Å². The van der Waals surface area contributed by atoms with Crippen LogP contribution in [0.1, 0.15) is 24.4 Å². The number of guanidine groups is 1. The number of ether oxygens (including phenoxy) is 2. The molecule has 1 unspecified atom stereocenters. The summed E-state index contributed by atoms with van der Waals surface area (Å²) >= 11 is 0. The van der Waals surface area contributed by atoms with E-state index in [2.05, 4.69) is 16.4 Å². The van der Waals surface area contributed by atoms with Crippen molar-refractivity contribution in [3.8, 4) is 11.5 Å². The molecule has 3 rings (SSSR count). The van der Waals surface area contributed by atoms with E-state index in [1.54, 1.807) is 0 Å². The summed E-state index contributed by atoms with van der Waals surface area (Å²) in [6.07, 6.45) is 1.70. The first-order valence-electron chi connectivity index (χ1n) is 8.29.